The van der Waals surface area contributed by atoms with Crippen LogP contribution in [0.3, 0.4) is 0 Å². The molecular weight excluding hydrogens is 467 g/mol. The zero-order valence-electron chi connectivity index (χ0n) is 17.2. The van der Waals surface area contributed by atoms with Crippen LogP contribution in [-0.2, 0) is 19.1 Å². The van der Waals surface area contributed by atoms with Crippen LogP contribution in [0.2, 0.25) is 0 Å². The number of alkyl halides is 3. The van der Waals surface area contributed by atoms with Crippen molar-refractivity contribution in [2.24, 2.45) is 0 Å². The largest absolute Gasteiger partial charge is 0.490 e. The second-order valence-electron chi connectivity index (χ2n) is 7.20. The molecule has 4 heterocycles. The van der Waals surface area contributed by atoms with E-state index in [1.807, 2.05) is 23.6 Å². The normalized spacial score (nSPS) is 21.2. The molecule has 9 nitrogen and oxygen atoms in total. The lowest BCUT2D eigenvalue weighted by atomic mass is 10.0. The van der Waals surface area contributed by atoms with Crippen LogP contribution < -0.4 is 4.90 Å². The van der Waals surface area contributed by atoms with Crippen molar-refractivity contribution >= 4 is 34.9 Å². The van der Waals surface area contributed by atoms with Crippen LogP contribution in [0, 0.1) is 0 Å². The van der Waals surface area contributed by atoms with E-state index in [1.54, 1.807) is 28.1 Å². The van der Waals surface area contributed by atoms with Gasteiger partial charge in [0, 0.05) is 12.7 Å². The van der Waals surface area contributed by atoms with Gasteiger partial charge in [-0.25, -0.2) is 9.78 Å². The van der Waals surface area contributed by atoms with Gasteiger partial charge < -0.3 is 19.5 Å². The van der Waals surface area contributed by atoms with Gasteiger partial charge >= 0.3 is 12.1 Å². The Labute approximate surface area is 190 Å². The van der Waals surface area contributed by atoms with Gasteiger partial charge in [-0.3, -0.25) is 14.5 Å². The zero-order chi connectivity index (χ0) is 24.1. The summed E-state index contributed by atoms with van der Waals surface area (Å²) in [6.45, 7) is 1.90. The lowest BCUT2D eigenvalue weighted by molar-refractivity contribution is -0.192. The van der Waals surface area contributed by atoms with E-state index in [0.29, 0.717) is 43.5 Å². The van der Waals surface area contributed by atoms with Crippen LogP contribution in [0.4, 0.5) is 19.0 Å². The minimum atomic E-state index is -5.08. The Morgan fingerprint density at radius 2 is 1.94 bits per heavy atom. The number of amides is 2. The fourth-order valence-electron chi connectivity index (χ4n) is 3.25. The molecule has 0 saturated carbocycles. The highest BCUT2D eigenvalue weighted by Gasteiger charge is 2.44. The third kappa shape index (κ3) is 6.27. The minimum Gasteiger partial charge on any atom is -0.475 e. The third-order valence-electron chi connectivity index (χ3n) is 4.79. The minimum absolute atomic E-state index is 0.0326. The Bertz CT molecular complexity index is 973. The number of aromatic nitrogens is 1. The topological polar surface area (TPSA) is 109 Å². The van der Waals surface area contributed by atoms with Crippen molar-refractivity contribution in [2.75, 3.05) is 44.4 Å². The monoisotopic (exact) mass is 487 g/mol. The zero-order valence-corrected chi connectivity index (χ0v) is 18.0. The summed E-state index contributed by atoms with van der Waals surface area (Å²) in [5, 5.41) is 9.01. The van der Waals surface area contributed by atoms with Crippen LogP contribution in [0.1, 0.15) is 9.67 Å². The summed E-state index contributed by atoms with van der Waals surface area (Å²) < 4.78 is 43.4. The number of thiophene rings is 1. The summed E-state index contributed by atoms with van der Waals surface area (Å²) in [5.41, 5.74) is -0.755. The first-order valence-electron chi connectivity index (χ1n) is 9.67. The molecule has 0 bridgehead atoms. The molecule has 1 N–H and O–H groups in total. The molecule has 33 heavy (non-hydrogen) atoms. The van der Waals surface area contributed by atoms with Gasteiger partial charge in [0.15, 0.2) is 0 Å². The quantitative estimate of drug-likeness (QED) is 0.691. The number of carbonyl (C=O) groups is 3. The molecule has 2 aliphatic rings. The molecule has 2 amide bonds. The summed E-state index contributed by atoms with van der Waals surface area (Å²) in [4.78, 5) is 42.4. The summed E-state index contributed by atoms with van der Waals surface area (Å²) in [7, 11) is 0. The van der Waals surface area contributed by atoms with E-state index in [-0.39, 0.29) is 18.4 Å². The lowest BCUT2D eigenvalue weighted by Gasteiger charge is -2.42. The highest BCUT2D eigenvalue weighted by atomic mass is 32.1. The Balaban J connectivity index is 0.000000383. The van der Waals surface area contributed by atoms with Gasteiger partial charge in [0.25, 0.3) is 11.8 Å². The Hall–Kier alpha value is -3.03. The molecule has 2 aliphatic heterocycles. The Morgan fingerprint density at radius 3 is 2.55 bits per heavy atom. The van der Waals surface area contributed by atoms with Gasteiger partial charge in [0.2, 0.25) is 0 Å². The van der Waals surface area contributed by atoms with Crippen LogP contribution in [0.15, 0.2) is 41.9 Å². The average Bonchev–Trinajstić information content (AvgIpc) is 3.25. The van der Waals surface area contributed by atoms with Crippen LogP contribution in [0.25, 0.3) is 0 Å². The van der Waals surface area contributed by atoms with Crippen LogP contribution in [-0.4, -0.2) is 84.0 Å². The molecule has 178 valence electrons. The van der Waals surface area contributed by atoms with Crippen molar-refractivity contribution in [1.29, 1.82) is 0 Å². The number of halogens is 3. The smallest absolute Gasteiger partial charge is 0.475 e. The molecule has 13 heteroatoms. The molecule has 0 aliphatic carbocycles. The first-order chi connectivity index (χ1) is 15.6. The Kier molecular flexibility index (Phi) is 7.66. The number of carboxylic acids is 1. The molecule has 1 unspecified atom stereocenters. The van der Waals surface area contributed by atoms with Gasteiger partial charge in [0.05, 0.1) is 31.2 Å². The highest BCUT2D eigenvalue weighted by molar-refractivity contribution is 7.12. The van der Waals surface area contributed by atoms with Crippen molar-refractivity contribution < 1.29 is 42.1 Å². The second kappa shape index (κ2) is 10.3. The molecule has 0 radical (unpaired) electrons. The van der Waals surface area contributed by atoms with Crippen molar-refractivity contribution in [3.05, 3.63) is 46.8 Å². The molecule has 0 aromatic carbocycles. The maximum absolute atomic E-state index is 12.8. The maximum Gasteiger partial charge on any atom is 0.490 e. The average molecular weight is 487 g/mol. The van der Waals surface area contributed by atoms with Gasteiger partial charge in [-0.1, -0.05) is 12.1 Å². The van der Waals surface area contributed by atoms with Crippen molar-refractivity contribution in [1.82, 2.24) is 9.88 Å². The molecule has 1 spiro atoms. The molecule has 4 rings (SSSR count). The van der Waals surface area contributed by atoms with Crippen molar-refractivity contribution in [2.45, 2.75) is 11.8 Å². The fraction of sp³-hybridized carbons (Fsp3) is 0.400. The summed E-state index contributed by atoms with van der Waals surface area (Å²) >= 11 is 1.42. The second-order valence-corrected chi connectivity index (χ2v) is 8.15. The SMILES string of the molecule is O=C(O)C(F)(F)F.O=C(c1cccs1)N1CCOCC2(C1)CN(c1ccccn1)C(=O)CO2. The summed E-state index contributed by atoms with van der Waals surface area (Å²) in [6.07, 6.45) is -3.43. The van der Waals surface area contributed by atoms with Crippen molar-refractivity contribution in [3.63, 3.8) is 0 Å². The molecule has 2 aromatic heterocycles. The number of hydrogen-bond acceptors (Lipinski definition) is 7. The highest BCUT2D eigenvalue weighted by Crippen LogP contribution is 2.27. The number of carbonyl (C=O) groups excluding carboxylic acids is 2. The van der Waals surface area contributed by atoms with E-state index in [2.05, 4.69) is 4.98 Å². The number of anilines is 1. The molecule has 2 saturated heterocycles. The fourth-order valence-corrected chi connectivity index (χ4v) is 3.95. The standard InChI is InChI=1S/C18H19N3O4S.C2HF3O2/c22-16-10-25-18(12-21(16)15-5-1-2-6-19-15)11-20(7-8-24-13-18)17(23)14-4-3-9-26-14;3-2(4,5)1(6)7/h1-6,9H,7-8,10-13H2;(H,6,7). The first-order valence-corrected chi connectivity index (χ1v) is 10.6. The molecule has 2 aromatic rings. The van der Waals surface area contributed by atoms with Crippen LogP contribution in [0.5, 0.6) is 0 Å². The van der Waals surface area contributed by atoms with Gasteiger partial charge in [-0.15, -0.1) is 11.3 Å². The van der Waals surface area contributed by atoms with E-state index in [4.69, 9.17) is 19.4 Å². The van der Waals surface area contributed by atoms with E-state index in [0.717, 1.165) is 0 Å². The summed E-state index contributed by atoms with van der Waals surface area (Å²) in [6, 6.07) is 9.12. The van der Waals surface area contributed by atoms with Crippen LogP contribution >= 0.6 is 11.3 Å². The summed E-state index contributed by atoms with van der Waals surface area (Å²) in [5.74, 6) is -2.35. The molecule has 1 atom stereocenters. The van der Waals surface area contributed by atoms with E-state index < -0.39 is 17.7 Å². The van der Waals surface area contributed by atoms with Crippen molar-refractivity contribution in [3.8, 4) is 0 Å². The Morgan fingerprint density at radius 1 is 1.18 bits per heavy atom. The predicted octanol–water partition coefficient (Wildman–Crippen LogP) is 2.05. The number of carboxylic acid groups (broad SMARTS) is 1. The van der Waals surface area contributed by atoms with E-state index in [9.17, 15) is 22.8 Å². The third-order valence-corrected chi connectivity index (χ3v) is 5.64. The number of hydrogen-bond donors (Lipinski definition) is 1. The van der Waals surface area contributed by atoms with Gasteiger partial charge in [0.1, 0.15) is 18.0 Å². The lowest BCUT2D eigenvalue weighted by Crippen LogP contribution is -2.61. The van der Waals surface area contributed by atoms with Gasteiger partial charge in [-0.05, 0) is 23.6 Å². The number of morpholine rings is 1. The molecule has 2 fully saturated rings. The maximum atomic E-state index is 12.8. The predicted molar refractivity (Wildman–Crippen MR) is 110 cm³/mol. The first kappa shape index (κ1) is 24.6. The van der Waals surface area contributed by atoms with Gasteiger partial charge in [-0.2, -0.15) is 13.2 Å². The van der Waals surface area contributed by atoms with E-state index in [1.165, 1.54) is 11.3 Å². The number of ether oxygens (including phenoxy) is 2. The number of pyridine rings is 1. The van der Waals surface area contributed by atoms with E-state index >= 15 is 0 Å². The molecular formula is C20H20F3N3O6S. The number of aliphatic carboxylic acids is 1. The number of nitrogens with zero attached hydrogens (tertiary/aromatic N) is 3. The number of rotatable bonds is 2.